The van der Waals surface area contributed by atoms with Crippen LogP contribution in [0.3, 0.4) is 0 Å². The highest BCUT2D eigenvalue weighted by Gasteiger charge is 2.26. The Morgan fingerprint density at radius 1 is 1.29 bits per heavy atom. The van der Waals surface area contributed by atoms with Crippen molar-refractivity contribution in [2.45, 2.75) is 33.2 Å². The minimum absolute atomic E-state index is 0.254. The smallest absolute Gasteiger partial charge is 0.237 e. The van der Waals surface area contributed by atoms with Crippen LogP contribution in [-0.4, -0.2) is 49.6 Å². The van der Waals surface area contributed by atoms with Crippen LogP contribution >= 0.6 is 0 Å². The molecule has 3 N–H and O–H groups in total. The summed E-state index contributed by atoms with van der Waals surface area (Å²) in [6.45, 7) is 7.96. The molecule has 0 saturated carbocycles. The van der Waals surface area contributed by atoms with E-state index in [1.165, 1.54) is 4.31 Å². The van der Waals surface area contributed by atoms with Gasteiger partial charge in [-0.15, -0.1) is 0 Å². The van der Waals surface area contributed by atoms with Crippen molar-refractivity contribution in [1.82, 2.24) is 9.62 Å². The zero-order chi connectivity index (χ0) is 13.7. The Hall–Kier alpha value is -0.660. The van der Waals surface area contributed by atoms with Gasteiger partial charge >= 0.3 is 0 Å². The maximum absolute atomic E-state index is 11.8. The lowest BCUT2D eigenvalue weighted by atomic mass is 10.1. The van der Waals surface area contributed by atoms with Gasteiger partial charge in [-0.2, -0.15) is 0 Å². The first-order valence-corrected chi connectivity index (χ1v) is 7.28. The molecule has 0 rings (SSSR count). The van der Waals surface area contributed by atoms with Crippen molar-refractivity contribution in [2.24, 2.45) is 5.73 Å². The van der Waals surface area contributed by atoms with Crippen molar-refractivity contribution in [3.05, 3.63) is 0 Å². The Balaban J connectivity index is 4.59. The molecular weight excluding hydrogens is 242 g/mol. The highest BCUT2D eigenvalue weighted by atomic mass is 32.2. The summed E-state index contributed by atoms with van der Waals surface area (Å²) in [6.07, 6.45) is 0. The largest absolute Gasteiger partial charge is 0.349 e. The van der Waals surface area contributed by atoms with Gasteiger partial charge in [0.15, 0.2) is 0 Å². The standard InChI is InChI=1S/C10H23N3O3S/c1-5-13(6-2)17(15,16)7-9(14)12-10(3,4)8-11/h5-8,11H2,1-4H3,(H,12,14). The average molecular weight is 265 g/mol. The van der Waals surface area contributed by atoms with Crippen LogP contribution in [-0.2, 0) is 14.8 Å². The Kier molecular flexibility index (Phi) is 6.08. The van der Waals surface area contributed by atoms with Crippen molar-refractivity contribution in [3.8, 4) is 0 Å². The molecule has 0 unspecified atom stereocenters. The molecule has 17 heavy (non-hydrogen) atoms. The van der Waals surface area contributed by atoms with Crippen molar-refractivity contribution < 1.29 is 13.2 Å². The predicted molar refractivity (Wildman–Crippen MR) is 68.0 cm³/mol. The van der Waals surface area contributed by atoms with Crippen molar-refractivity contribution >= 4 is 15.9 Å². The molecule has 0 aliphatic rings. The lowest BCUT2D eigenvalue weighted by Gasteiger charge is -2.25. The fourth-order valence-corrected chi connectivity index (χ4v) is 2.71. The summed E-state index contributed by atoms with van der Waals surface area (Å²) in [4.78, 5) is 11.6. The van der Waals surface area contributed by atoms with Crippen LogP contribution in [0.5, 0.6) is 0 Å². The molecule has 0 aromatic heterocycles. The lowest BCUT2D eigenvalue weighted by molar-refractivity contribution is -0.120. The molecule has 0 atom stereocenters. The molecule has 0 heterocycles. The monoisotopic (exact) mass is 265 g/mol. The number of hydrogen-bond donors (Lipinski definition) is 2. The third-order valence-electron chi connectivity index (χ3n) is 2.40. The van der Waals surface area contributed by atoms with Gasteiger partial charge in [-0.25, -0.2) is 12.7 Å². The van der Waals surface area contributed by atoms with Gasteiger partial charge in [0.2, 0.25) is 15.9 Å². The quantitative estimate of drug-likeness (QED) is 0.650. The fourth-order valence-electron chi connectivity index (χ4n) is 1.34. The maximum atomic E-state index is 11.8. The second kappa shape index (κ2) is 6.32. The number of carbonyl (C=O) groups excluding carboxylic acids is 1. The number of nitrogens with one attached hydrogen (secondary N) is 1. The molecular formula is C10H23N3O3S. The van der Waals surface area contributed by atoms with Crippen LogP contribution < -0.4 is 11.1 Å². The number of nitrogens with zero attached hydrogens (tertiary/aromatic N) is 1. The van der Waals surface area contributed by atoms with E-state index in [-0.39, 0.29) is 6.54 Å². The summed E-state index contributed by atoms with van der Waals surface area (Å²) in [7, 11) is -3.52. The van der Waals surface area contributed by atoms with E-state index in [0.717, 1.165) is 0 Å². The number of rotatable bonds is 7. The third-order valence-corrected chi connectivity index (χ3v) is 4.33. The first-order valence-electron chi connectivity index (χ1n) is 5.67. The molecule has 0 aromatic carbocycles. The molecule has 0 bridgehead atoms. The zero-order valence-electron chi connectivity index (χ0n) is 11.0. The van der Waals surface area contributed by atoms with Crippen LogP contribution in [0.1, 0.15) is 27.7 Å². The van der Waals surface area contributed by atoms with E-state index < -0.39 is 27.2 Å². The SMILES string of the molecule is CCN(CC)S(=O)(=O)CC(=O)NC(C)(C)CN. The van der Waals surface area contributed by atoms with Crippen molar-refractivity contribution in [2.75, 3.05) is 25.4 Å². The van der Waals surface area contributed by atoms with E-state index in [1.54, 1.807) is 27.7 Å². The van der Waals surface area contributed by atoms with Gasteiger partial charge in [0.1, 0.15) is 5.75 Å². The predicted octanol–water partition coefficient (Wildman–Crippen LogP) is -0.488. The average Bonchev–Trinajstić information content (AvgIpc) is 2.17. The Bertz CT molecular complexity index is 348. The van der Waals surface area contributed by atoms with Gasteiger partial charge in [-0.3, -0.25) is 4.79 Å². The van der Waals surface area contributed by atoms with Gasteiger partial charge in [0.25, 0.3) is 0 Å². The molecule has 1 amide bonds. The van der Waals surface area contributed by atoms with Crippen LogP contribution in [0.15, 0.2) is 0 Å². The molecule has 0 radical (unpaired) electrons. The van der Waals surface area contributed by atoms with Crippen LogP contribution in [0.2, 0.25) is 0 Å². The topological polar surface area (TPSA) is 92.5 Å². The highest BCUT2D eigenvalue weighted by Crippen LogP contribution is 2.03. The fraction of sp³-hybridized carbons (Fsp3) is 0.900. The number of hydrogen-bond acceptors (Lipinski definition) is 4. The van der Waals surface area contributed by atoms with Crippen LogP contribution in [0.25, 0.3) is 0 Å². The molecule has 0 aliphatic carbocycles. The van der Waals surface area contributed by atoms with Gasteiger partial charge in [0.05, 0.1) is 0 Å². The molecule has 0 saturated heterocycles. The minimum atomic E-state index is -3.52. The first kappa shape index (κ1) is 16.3. The van der Waals surface area contributed by atoms with E-state index in [0.29, 0.717) is 13.1 Å². The maximum Gasteiger partial charge on any atom is 0.237 e. The zero-order valence-corrected chi connectivity index (χ0v) is 11.8. The number of nitrogens with two attached hydrogens (primary N) is 1. The Morgan fingerprint density at radius 3 is 2.12 bits per heavy atom. The second-order valence-electron chi connectivity index (χ2n) is 4.48. The van der Waals surface area contributed by atoms with E-state index in [1.807, 2.05) is 0 Å². The molecule has 0 aromatic rings. The summed E-state index contributed by atoms with van der Waals surface area (Å²) in [5.41, 5.74) is 4.87. The molecule has 0 spiro atoms. The first-order chi connectivity index (χ1) is 7.68. The van der Waals surface area contributed by atoms with E-state index in [9.17, 15) is 13.2 Å². The van der Waals surface area contributed by atoms with Crippen LogP contribution in [0, 0.1) is 0 Å². The minimum Gasteiger partial charge on any atom is -0.349 e. The van der Waals surface area contributed by atoms with Gasteiger partial charge < -0.3 is 11.1 Å². The number of carbonyl (C=O) groups is 1. The summed E-state index contributed by atoms with van der Waals surface area (Å²) in [5, 5.41) is 2.60. The normalized spacial score (nSPS) is 12.8. The third kappa shape index (κ3) is 5.47. The van der Waals surface area contributed by atoms with Crippen molar-refractivity contribution in [3.63, 3.8) is 0 Å². The van der Waals surface area contributed by atoms with Gasteiger partial charge in [-0.1, -0.05) is 13.8 Å². The number of sulfonamides is 1. The lowest BCUT2D eigenvalue weighted by Crippen LogP contribution is -2.51. The van der Waals surface area contributed by atoms with Crippen molar-refractivity contribution in [1.29, 1.82) is 0 Å². The Morgan fingerprint density at radius 2 is 1.76 bits per heavy atom. The number of amides is 1. The van der Waals surface area contributed by atoms with Crippen LogP contribution in [0.4, 0.5) is 0 Å². The van der Waals surface area contributed by atoms with Gasteiger partial charge in [-0.05, 0) is 13.8 Å². The summed E-state index contributed by atoms with van der Waals surface area (Å²) in [6, 6.07) is 0. The van der Waals surface area contributed by atoms with Gasteiger partial charge in [0, 0.05) is 25.2 Å². The molecule has 0 aliphatic heterocycles. The Labute approximate surface area is 104 Å². The summed E-state index contributed by atoms with van der Waals surface area (Å²) in [5.74, 6) is -1.05. The molecule has 0 fully saturated rings. The molecule has 102 valence electrons. The summed E-state index contributed by atoms with van der Waals surface area (Å²) >= 11 is 0. The second-order valence-corrected chi connectivity index (χ2v) is 6.45. The van der Waals surface area contributed by atoms with E-state index in [4.69, 9.17) is 5.73 Å². The highest BCUT2D eigenvalue weighted by molar-refractivity contribution is 7.89. The van der Waals surface area contributed by atoms with E-state index >= 15 is 0 Å². The molecule has 6 nitrogen and oxygen atoms in total. The van der Waals surface area contributed by atoms with E-state index in [2.05, 4.69) is 5.32 Å². The summed E-state index contributed by atoms with van der Waals surface area (Å²) < 4.78 is 24.9. The molecule has 7 heteroatoms.